The molecular formula is C26H33N3O7. The molecule has 1 saturated carbocycles. The number of aromatic hydroxyl groups is 1. The number of hydrogen-bond donors (Lipinski definition) is 5. The lowest BCUT2D eigenvalue weighted by Crippen LogP contribution is -2.65. The second-order valence-corrected chi connectivity index (χ2v) is 10.7. The van der Waals surface area contributed by atoms with Gasteiger partial charge in [-0.1, -0.05) is 13.8 Å². The maximum absolute atomic E-state index is 13.9. The molecule has 10 heteroatoms. The van der Waals surface area contributed by atoms with Crippen molar-refractivity contribution in [2.24, 2.45) is 17.6 Å². The molecule has 36 heavy (non-hydrogen) atoms. The van der Waals surface area contributed by atoms with Crippen molar-refractivity contribution in [2.75, 3.05) is 33.1 Å². The van der Waals surface area contributed by atoms with E-state index in [4.69, 9.17) is 5.73 Å². The van der Waals surface area contributed by atoms with Crippen LogP contribution in [0.4, 0.5) is 5.69 Å². The van der Waals surface area contributed by atoms with Crippen molar-refractivity contribution in [2.45, 2.75) is 44.2 Å². The highest BCUT2D eigenvalue weighted by atomic mass is 16.3. The molecule has 1 amide bonds. The molecule has 6 N–H and O–H groups in total. The van der Waals surface area contributed by atoms with Crippen LogP contribution in [0.5, 0.6) is 5.75 Å². The smallest absolute Gasteiger partial charge is 0.255 e. The zero-order chi connectivity index (χ0) is 27.0. The van der Waals surface area contributed by atoms with Gasteiger partial charge in [-0.25, -0.2) is 0 Å². The van der Waals surface area contributed by atoms with Crippen LogP contribution in [0, 0.1) is 11.8 Å². The molecule has 0 aromatic heterocycles. The molecule has 1 aromatic rings. The molecule has 0 aliphatic heterocycles. The van der Waals surface area contributed by atoms with Gasteiger partial charge in [0.1, 0.15) is 22.8 Å². The van der Waals surface area contributed by atoms with E-state index in [2.05, 4.69) is 0 Å². The number of Topliss-reactive ketones (excluding diaryl/α,β-unsaturated/α-hetero) is 2. The molecule has 3 aliphatic rings. The number of phenols is 1. The predicted octanol–water partition coefficient (Wildman–Crippen LogP) is 1.15. The number of fused-ring (bicyclic) bond motifs is 3. The Labute approximate surface area is 209 Å². The first-order valence-electron chi connectivity index (χ1n) is 11.9. The van der Waals surface area contributed by atoms with Crippen LogP contribution in [0.1, 0.15) is 42.9 Å². The second kappa shape index (κ2) is 8.35. The van der Waals surface area contributed by atoms with Gasteiger partial charge in [0.15, 0.2) is 11.4 Å². The molecule has 1 aromatic carbocycles. The third-order valence-corrected chi connectivity index (χ3v) is 7.83. The summed E-state index contributed by atoms with van der Waals surface area (Å²) in [6, 6.07) is 0.755. The second-order valence-electron chi connectivity index (χ2n) is 10.7. The number of hydrogen-bond acceptors (Lipinski definition) is 9. The van der Waals surface area contributed by atoms with Crippen LogP contribution < -0.4 is 10.6 Å². The van der Waals surface area contributed by atoms with Crippen LogP contribution in [-0.4, -0.2) is 82.6 Å². The number of aliphatic hydroxyl groups excluding tert-OH is 2. The predicted molar refractivity (Wildman–Crippen MR) is 133 cm³/mol. The number of primary amides is 1. The van der Waals surface area contributed by atoms with Crippen molar-refractivity contribution in [3.63, 3.8) is 0 Å². The number of phenolic OH excluding ortho intramolecular Hbond substituents is 1. The lowest BCUT2D eigenvalue weighted by Gasteiger charge is -2.50. The van der Waals surface area contributed by atoms with Crippen LogP contribution >= 0.6 is 0 Å². The molecule has 0 bridgehead atoms. The summed E-state index contributed by atoms with van der Waals surface area (Å²) in [6.45, 7) is 3.79. The van der Waals surface area contributed by atoms with Crippen molar-refractivity contribution in [1.82, 2.24) is 4.90 Å². The molecule has 3 aliphatic carbocycles. The third kappa shape index (κ3) is 3.27. The van der Waals surface area contributed by atoms with Crippen molar-refractivity contribution in [1.29, 1.82) is 0 Å². The number of aliphatic hydroxyl groups is 3. The van der Waals surface area contributed by atoms with Crippen LogP contribution in [-0.2, 0) is 20.8 Å². The van der Waals surface area contributed by atoms with E-state index in [1.54, 1.807) is 14.1 Å². The van der Waals surface area contributed by atoms with Crippen LogP contribution in [0.3, 0.4) is 0 Å². The van der Waals surface area contributed by atoms with Gasteiger partial charge in [-0.15, -0.1) is 0 Å². The van der Waals surface area contributed by atoms with E-state index in [0.29, 0.717) is 11.1 Å². The third-order valence-electron chi connectivity index (χ3n) is 7.83. The summed E-state index contributed by atoms with van der Waals surface area (Å²) >= 11 is 0. The Hall–Kier alpha value is -3.37. The van der Waals surface area contributed by atoms with Gasteiger partial charge < -0.3 is 31.1 Å². The topological polar surface area (TPSA) is 165 Å². The first-order valence-corrected chi connectivity index (χ1v) is 11.9. The fourth-order valence-electron chi connectivity index (χ4n) is 6.15. The van der Waals surface area contributed by atoms with Gasteiger partial charge in [-0.05, 0) is 56.0 Å². The van der Waals surface area contributed by atoms with Crippen molar-refractivity contribution < 1.29 is 34.8 Å². The molecular weight excluding hydrogens is 466 g/mol. The Morgan fingerprint density at radius 2 is 1.75 bits per heavy atom. The average Bonchev–Trinajstić information content (AvgIpc) is 2.75. The monoisotopic (exact) mass is 499 g/mol. The highest BCUT2D eigenvalue weighted by molar-refractivity contribution is 6.24. The van der Waals surface area contributed by atoms with E-state index < -0.39 is 58.0 Å². The molecule has 194 valence electrons. The SMILES string of the molecule is CC(C)c1cc(N(C)C)c2c(c1O)C(O)=C1C(=O)[C@]3(O)C(O)=C(C(N)=O)C(=O)[C@@H](N(C)C)[C@@H]3C[C@@H]1C2. The molecule has 10 nitrogen and oxygen atoms in total. The Balaban J connectivity index is 2.02. The lowest BCUT2D eigenvalue weighted by atomic mass is 9.57. The van der Waals surface area contributed by atoms with Gasteiger partial charge in [-0.2, -0.15) is 0 Å². The quantitative estimate of drug-likeness (QED) is 0.382. The minimum absolute atomic E-state index is 0.0608. The Kier molecular flexibility index (Phi) is 5.96. The van der Waals surface area contributed by atoms with E-state index in [1.165, 1.54) is 4.90 Å². The molecule has 4 rings (SSSR count). The number of likely N-dealkylation sites (N-methyl/N-ethyl adjacent to an activating group) is 1. The van der Waals surface area contributed by atoms with Crippen molar-refractivity contribution in [3.8, 4) is 5.75 Å². The Bertz CT molecular complexity index is 1260. The summed E-state index contributed by atoms with van der Waals surface area (Å²) in [6.07, 6.45) is 0.319. The highest BCUT2D eigenvalue weighted by Crippen LogP contribution is 2.54. The van der Waals surface area contributed by atoms with Gasteiger partial charge in [0.2, 0.25) is 5.78 Å². The first-order chi connectivity index (χ1) is 16.7. The molecule has 0 unspecified atom stereocenters. The summed E-state index contributed by atoms with van der Waals surface area (Å²) in [4.78, 5) is 42.5. The number of nitrogens with two attached hydrogens (primary N) is 1. The van der Waals surface area contributed by atoms with E-state index in [1.807, 2.05) is 38.9 Å². The van der Waals surface area contributed by atoms with Gasteiger partial charge in [0.05, 0.1) is 11.6 Å². The highest BCUT2D eigenvalue weighted by Gasteiger charge is 2.64. The van der Waals surface area contributed by atoms with E-state index in [0.717, 1.165) is 5.69 Å². The van der Waals surface area contributed by atoms with Crippen LogP contribution in [0.15, 0.2) is 23.0 Å². The summed E-state index contributed by atoms with van der Waals surface area (Å²) in [5.74, 6) is -6.54. The Morgan fingerprint density at radius 3 is 2.25 bits per heavy atom. The minimum Gasteiger partial charge on any atom is -0.508 e. The summed E-state index contributed by atoms with van der Waals surface area (Å²) < 4.78 is 0. The van der Waals surface area contributed by atoms with Crippen molar-refractivity contribution >= 4 is 28.9 Å². The number of carbonyl (C=O) groups is 3. The Morgan fingerprint density at radius 1 is 1.14 bits per heavy atom. The number of rotatable bonds is 4. The van der Waals surface area contributed by atoms with Gasteiger partial charge in [-0.3, -0.25) is 19.3 Å². The lowest BCUT2D eigenvalue weighted by molar-refractivity contribution is -0.153. The van der Waals surface area contributed by atoms with E-state index in [-0.39, 0.29) is 35.6 Å². The van der Waals surface area contributed by atoms with Crippen LogP contribution in [0.2, 0.25) is 0 Å². The zero-order valence-corrected chi connectivity index (χ0v) is 21.3. The molecule has 4 atom stereocenters. The summed E-state index contributed by atoms with van der Waals surface area (Å²) in [7, 11) is 6.83. The van der Waals surface area contributed by atoms with E-state index in [9.17, 15) is 34.8 Å². The number of carbonyl (C=O) groups excluding carboxylic acids is 3. The number of ketones is 2. The molecule has 0 heterocycles. The molecule has 0 saturated heterocycles. The summed E-state index contributed by atoms with van der Waals surface area (Å²) in [5.41, 5.74) is 3.85. The maximum atomic E-state index is 13.9. The molecule has 1 fully saturated rings. The number of anilines is 1. The standard InChI is InChI=1S/C26H33N3O7/c1-10(2)12-9-15(28(3)4)13-7-11-8-14-19(29(5)6)22(32)18(25(27)35)24(34)26(14,36)23(33)16(11)21(31)17(13)20(12)30/h9-11,14,19,30-31,34,36H,7-8H2,1-6H3,(H2,27,35)/t11-,14-,19-,26-/m0/s1. The van der Waals surface area contributed by atoms with E-state index >= 15 is 0 Å². The summed E-state index contributed by atoms with van der Waals surface area (Å²) in [5, 5.41) is 45.1. The molecule has 0 radical (unpaired) electrons. The minimum atomic E-state index is -2.64. The van der Waals surface area contributed by atoms with Gasteiger partial charge in [0.25, 0.3) is 5.91 Å². The first kappa shape index (κ1) is 25.7. The number of benzene rings is 1. The number of nitrogens with zero attached hydrogens (tertiary/aromatic N) is 2. The van der Waals surface area contributed by atoms with Crippen molar-refractivity contribution in [3.05, 3.63) is 39.7 Å². The van der Waals surface area contributed by atoms with Crippen LogP contribution in [0.25, 0.3) is 5.76 Å². The zero-order valence-electron chi connectivity index (χ0n) is 21.3. The fraction of sp³-hybridized carbons (Fsp3) is 0.500. The fourth-order valence-corrected chi connectivity index (χ4v) is 6.15. The normalized spacial score (nSPS) is 27.9. The van der Waals surface area contributed by atoms with Gasteiger partial charge in [0, 0.05) is 31.3 Å². The largest absolute Gasteiger partial charge is 0.508 e. The number of amides is 1. The van der Waals surface area contributed by atoms with Gasteiger partial charge >= 0.3 is 0 Å². The average molecular weight is 500 g/mol. The molecule has 0 spiro atoms. The maximum Gasteiger partial charge on any atom is 0.255 e.